The van der Waals surface area contributed by atoms with Crippen molar-refractivity contribution in [3.63, 3.8) is 0 Å². The Morgan fingerprint density at radius 1 is 1.55 bits per heavy atom. The molecule has 0 aromatic heterocycles. The fourth-order valence-corrected chi connectivity index (χ4v) is 0.961. The smallest absolute Gasteiger partial charge is 0.0903 e. The van der Waals surface area contributed by atoms with Gasteiger partial charge in [0.15, 0.2) is 0 Å². The van der Waals surface area contributed by atoms with Crippen molar-refractivity contribution >= 4 is 0 Å². The molecule has 60 valence electrons. The van der Waals surface area contributed by atoms with Crippen LogP contribution in [0.1, 0.15) is 26.2 Å². The van der Waals surface area contributed by atoms with Crippen molar-refractivity contribution in [1.29, 1.82) is 0 Å². The maximum absolute atomic E-state index is 5.00. The van der Waals surface area contributed by atoms with Crippen molar-refractivity contribution in [2.45, 2.75) is 26.2 Å². The maximum Gasteiger partial charge on any atom is 0.0903 e. The van der Waals surface area contributed by atoms with Crippen LogP contribution in [0.15, 0.2) is 36.3 Å². The highest BCUT2D eigenvalue weighted by molar-refractivity contribution is 5.21. The van der Waals surface area contributed by atoms with Crippen LogP contribution in [0, 0.1) is 0 Å². The summed E-state index contributed by atoms with van der Waals surface area (Å²) in [4.78, 5) is 0. The van der Waals surface area contributed by atoms with Gasteiger partial charge in [0, 0.05) is 0 Å². The van der Waals surface area contributed by atoms with Gasteiger partial charge in [-0.25, -0.2) is 0 Å². The van der Waals surface area contributed by atoms with Crippen LogP contribution in [0.3, 0.4) is 0 Å². The Labute approximate surface area is 68.1 Å². The topological polar surface area (TPSA) is 9.23 Å². The quantitative estimate of drug-likeness (QED) is 0.587. The van der Waals surface area contributed by atoms with Gasteiger partial charge in [0.25, 0.3) is 0 Å². The average Bonchev–Trinajstić information content (AvgIpc) is 2.28. The summed E-state index contributed by atoms with van der Waals surface area (Å²) >= 11 is 0. The molecule has 0 spiro atoms. The zero-order chi connectivity index (χ0) is 7.94. The van der Waals surface area contributed by atoms with Gasteiger partial charge < -0.3 is 4.74 Å². The summed E-state index contributed by atoms with van der Waals surface area (Å²) < 4.78 is 5.00. The highest BCUT2D eigenvalue weighted by Gasteiger charge is 1.91. The zero-order valence-corrected chi connectivity index (χ0v) is 6.92. The first-order valence-electron chi connectivity index (χ1n) is 4.09. The number of unbranched alkanes of at least 4 members (excludes halogenated alkanes) is 1. The number of ether oxygens (including phenoxy) is 1. The third kappa shape index (κ3) is 3.08. The molecule has 0 bridgehead atoms. The largest absolute Gasteiger partial charge is 0.473 e. The van der Waals surface area contributed by atoms with E-state index in [9.17, 15) is 0 Å². The molecule has 0 fully saturated rings. The van der Waals surface area contributed by atoms with E-state index >= 15 is 0 Å². The lowest BCUT2D eigenvalue weighted by molar-refractivity contribution is 0.403. The van der Waals surface area contributed by atoms with Gasteiger partial charge in [-0.15, -0.1) is 0 Å². The van der Waals surface area contributed by atoms with Crippen LogP contribution in [-0.2, 0) is 4.74 Å². The van der Waals surface area contributed by atoms with E-state index in [1.54, 1.807) is 12.5 Å². The molecule has 1 nitrogen and oxygen atoms in total. The molecule has 0 radical (unpaired) electrons. The van der Waals surface area contributed by atoms with Crippen molar-refractivity contribution in [3.8, 4) is 0 Å². The summed E-state index contributed by atoms with van der Waals surface area (Å²) in [6.45, 7) is 2.18. The summed E-state index contributed by atoms with van der Waals surface area (Å²) in [5.74, 6) is 0. The van der Waals surface area contributed by atoms with Crippen LogP contribution in [0.25, 0.3) is 0 Å². The third-order valence-corrected chi connectivity index (χ3v) is 1.58. The second kappa shape index (κ2) is 4.78. The Bertz CT molecular complexity index is 187. The first-order valence-corrected chi connectivity index (χ1v) is 4.09. The molecule has 0 saturated carbocycles. The molecule has 0 atom stereocenters. The molecular formula is C10H14O. The first-order chi connectivity index (χ1) is 5.43. The zero-order valence-electron chi connectivity index (χ0n) is 6.92. The highest BCUT2D eigenvalue weighted by atomic mass is 16.5. The second-order valence-electron chi connectivity index (χ2n) is 2.58. The molecule has 0 saturated heterocycles. The third-order valence-electron chi connectivity index (χ3n) is 1.58. The predicted octanol–water partition coefficient (Wildman–Crippen LogP) is 3.16. The molecule has 11 heavy (non-hydrogen) atoms. The minimum Gasteiger partial charge on any atom is -0.473 e. The van der Waals surface area contributed by atoms with Crippen LogP contribution in [0.4, 0.5) is 0 Å². The van der Waals surface area contributed by atoms with Gasteiger partial charge in [0.05, 0.1) is 12.5 Å². The summed E-state index contributed by atoms with van der Waals surface area (Å²) in [6, 6.07) is 0. The molecule has 0 aliphatic carbocycles. The van der Waals surface area contributed by atoms with E-state index in [1.807, 2.05) is 12.2 Å². The SMILES string of the molecule is CCC/C=C1\C=COC=CC1. The van der Waals surface area contributed by atoms with Gasteiger partial charge in [-0.2, -0.15) is 0 Å². The van der Waals surface area contributed by atoms with E-state index < -0.39 is 0 Å². The molecular weight excluding hydrogens is 136 g/mol. The van der Waals surface area contributed by atoms with E-state index in [0.29, 0.717) is 0 Å². The fraction of sp³-hybridized carbons (Fsp3) is 0.400. The lowest BCUT2D eigenvalue weighted by Crippen LogP contribution is -1.74. The van der Waals surface area contributed by atoms with Gasteiger partial charge in [-0.05, 0) is 30.6 Å². The second-order valence-corrected chi connectivity index (χ2v) is 2.58. The van der Waals surface area contributed by atoms with Gasteiger partial charge in [0.1, 0.15) is 0 Å². The Morgan fingerprint density at radius 2 is 2.45 bits per heavy atom. The Kier molecular flexibility index (Phi) is 3.53. The van der Waals surface area contributed by atoms with Gasteiger partial charge in [-0.3, -0.25) is 0 Å². The van der Waals surface area contributed by atoms with Crippen LogP contribution < -0.4 is 0 Å². The molecule has 1 heteroatoms. The summed E-state index contributed by atoms with van der Waals surface area (Å²) in [5, 5.41) is 0. The summed E-state index contributed by atoms with van der Waals surface area (Å²) in [5.41, 5.74) is 1.35. The molecule has 1 heterocycles. The molecule has 0 aromatic carbocycles. The molecule has 0 amide bonds. The molecule has 0 N–H and O–H groups in total. The number of rotatable bonds is 2. The molecule has 1 aliphatic rings. The number of allylic oxidation sites excluding steroid dienone is 4. The van der Waals surface area contributed by atoms with E-state index in [-0.39, 0.29) is 0 Å². The average molecular weight is 150 g/mol. The summed E-state index contributed by atoms with van der Waals surface area (Å²) in [6.07, 6.45) is 13.1. The van der Waals surface area contributed by atoms with Gasteiger partial charge in [0.2, 0.25) is 0 Å². The number of hydrogen-bond acceptors (Lipinski definition) is 1. The minimum atomic E-state index is 0.997. The van der Waals surface area contributed by atoms with Crippen molar-refractivity contribution < 1.29 is 4.74 Å². The molecule has 0 unspecified atom stereocenters. The van der Waals surface area contributed by atoms with Crippen molar-refractivity contribution in [2.24, 2.45) is 0 Å². The number of hydrogen-bond donors (Lipinski definition) is 0. The first kappa shape index (κ1) is 8.12. The lowest BCUT2D eigenvalue weighted by atomic mass is 10.1. The lowest BCUT2D eigenvalue weighted by Gasteiger charge is -1.93. The van der Waals surface area contributed by atoms with E-state index in [2.05, 4.69) is 13.0 Å². The van der Waals surface area contributed by atoms with E-state index in [1.165, 1.54) is 12.0 Å². The van der Waals surface area contributed by atoms with Crippen molar-refractivity contribution in [3.05, 3.63) is 36.3 Å². The van der Waals surface area contributed by atoms with Crippen LogP contribution in [-0.4, -0.2) is 0 Å². The standard InChI is InChI=1S/C10H14O/c1-2-3-5-10-6-4-8-11-9-7-10/h4-5,7-9H,2-3,6H2,1H3/b10-5-. The van der Waals surface area contributed by atoms with Crippen LogP contribution in [0.2, 0.25) is 0 Å². The Morgan fingerprint density at radius 3 is 3.27 bits per heavy atom. The van der Waals surface area contributed by atoms with Gasteiger partial charge >= 0.3 is 0 Å². The Hall–Kier alpha value is -0.980. The monoisotopic (exact) mass is 150 g/mol. The minimum absolute atomic E-state index is 0.997. The summed E-state index contributed by atoms with van der Waals surface area (Å²) in [7, 11) is 0. The van der Waals surface area contributed by atoms with Gasteiger partial charge in [-0.1, -0.05) is 19.4 Å². The molecule has 1 aliphatic heterocycles. The van der Waals surface area contributed by atoms with Crippen molar-refractivity contribution in [1.82, 2.24) is 0 Å². The maximum atomic E-state index is 5.00. The van der Waals surface area contributed by atoms with Crippen LogP contribution >= 0.6 is 0 Å². The normalized spacial score (nSPS) is 19.9. The van der Waals surface area contributed by atoms with Crippen LogP contribution in [0.5, 0.6) is 0 Å². The molecule has 1 rings (SSSR count). The van der Waals surface area contributed by atoms with Crippen molar-refractivity contribution in [2.75, 3.05) is 0 Å². The molecule has 0 aromatic rings. The predicted molar refractivity (Wildman–Crippen MR) is 47.0 cm³/mol. The fourth-order valence-electron chi connectivity index (χ4n) is 0.961. The van der Waals surface area contributed by atoms with E-state index in [4.69, 9.17) is 4.74 Å². The Balaban J connectivity index is 2.49. The highest BCUT2D eigenvalue weighted by Crippen LogP contribution is 2.10. The van der Waals surface area contributed by atoms with E-state index in [0.717, 1.165) is 12.8 Å².